The van der Waals surface area contributed by atoms with Crippen molar-refractivity contribution < 1.29 is 8.42 Å². The van der Waals surface area contributed by atoms with Crippen molar-refractivity contribution >= 4 is 10.0 Å². The molecule has 0 aliphatic carbocycles. The fraction of sp³-hybridized carbons (Fsp3) is 1.00. The molecule has 0 spiro atoms. The van der Waals surface area contributed by atoms with E-state index >= 15 is 0 Å². The minimum absolute atomic E-state index is 0.194. The van der Waals surface area contributed by atoms with Crippen LogP contribution in [-0.4, -0.2) is 58.8 Å². The summed E-state index contributed by atoms with van der Waals surface area (Å²) < 4.78 is 25.6. The molecule has 0 radical (unpaired) electrons. The van der Waals surface area contributed by atoms with E-state index in [-0.39, 0.29) is 5.75 Å². The zero-order chi connectivity index (χ0) is 12.6. The number of sulfonamides is 1. The lowest BCUT2D eigenvalue weighted by molar-refractivity contribution is 0.278. The SMILES string of the molecule is CNCCCS(=O)(=O)NCCN(C)C(C)C. The largest absolute Gasteiger partial charge is 0.320 e. The van der Waals surface area contributed by atoms with Gasteiger partial charge in [-0.1, -0.05) is 0 Å². The minimum atomic E-state index is -3.09. The van der Waals surface area contributed by atoms with Crippen LogP contribution in [0.15, 0.2) is 0 Å². The first-order valence-corrected chi connectivity index (χ1v) is 7.36. The summed E-state index contributed by atoms with van der Waals surface area (Å²) in [5.41, 5.74) is 0. The molecule has 98 valence electrons. The number of nitrogens with zero attached hydrogens (tertiary/aromatic N) is 1. The molecule has 0 fully saturated rings. The van der Waals surface area contributed by atoms with E-state index in [0.29, 0.717) is 19.0 Å². The molecule has 0 aromatic rings. The topological polar surface area (TPSA) is 61.4 Å². The van der Waals surface area contributed by atoms with E-state index in [9.17, 15) is 8.42 Å². The van der Waals surface area contributed by atoms with Crippen molar-refractivity contribution in [2.45, 2.75) is 26.3 Å². The summed E-state index contributed by atoms with van der Waals surface area (Å²) in [5.74, 6) is 0.194. The molecular formula is C10H25N3O2S. The Labute approximate surface area is 99.6 Å². The van der Waals surface area contributed by atoms with Gasteiger partial charge < -0.3 is 10.2 Å². The average Bonchev–Trinajstić information content (AvgIpc) is 2.17. The normalized spacial score (nSPS) is 12.6. The predicted molar refractivity (Wildman–Crippen MR) is 68.1 cm³/mol. The molecule has 0 bridgehead atoms. The molecule has 0 saturated carbocycles. The maximum absolute atomic E-state index is 11.5. The first-order valence-electron chi connectivity index (χ1n) is 5.71. The Bertz CT molecular complexity index is 265. The summed E-state index contributed by atoms with van der Waals surface area (Å²) in [6, 6.07) is 0.439. The summed E-state index contributed by atoms with van der Waals surface area (Å²) in [4.78, 5) is 2.11. The predicted octanol–water partition coefficient (Wildman–Crippen LogP) is -0.144. The second-order valence-corrected chi connectivity index (χ2v) is 6.17. The van der Waals surface area contributed by atoms with Gasteiger partial charge in [-0.15, -0.1) is 0 Å². The first-order chi connectivity index (χ1) is 7.39. The summed E-state index contributed by atoms with van der Waals surface area (Å²) in [6.07, 6.45) is 0.645. The fourth-order valence-corrected chi connectivity index (χ4v) is 2.22. The van der Waals surface area contributed by atoms with Crippen LogP contribution in [0.4, 0.5) is 0 Å². The number of hydrogen-bond donors (Lipinski definition) is 2. The number of likely N-dealkylation sites (N-methyl/N-ethyl adjacent to an activating group) is 1. The molecule has 0 amide bonds. The van der Waals surface area contributed by atoms with E-state index in [2.05, 4.69) is 28.8 Å². The second kappa shape index (κ2) is 8.00. The van der Waals surface area contributed by atoms with Gasteiger partial charge in [0.05, 0.1) is 5.75 Å². The lowest BCUT2D eigenvalue weighted by Gasteiger charge is -2.20. The quantitative estimate of drug-likeness (QED) is 0.560. The third-order valence-corrected chi connectivity index (χ3v) is 3.98. The lowest BCUT2D eigenvalue weighted by Crippen LogP contribution is -2.37. The maximum Gasteiger partial charge on any atom is 0.211 e. The van der Waals surface area contributed by atoms with Crippen LogP contribution in [0, 0.1) is 0 Å². The zero-order valence-corrected chi connectivity index (χ0v) is 11.6. The molecule has 0 aliphatic heterocycles. The van der Waals surface area contributed by atoms with Crippen molar-refractivity contribution in [3.8, 4) is 0 Å². The van der Waals surface area contributed by atoms with Crippen molar-refractivity contribution in [3.05, 3.63) is 0 Å². The molecule has 2 N–H and O–H groups in total. The Kier molecular flexibility index (Phi) is 7.91. The van der Waals surface area contributed by atoms with Crippen LogP contribution in [0.5, 0.6) is 0 Å². The van der Waals surface area contributed by atoms with Crippen LogP contribution >= 0.6 is 0 Å². The summed E-state index contributed by atoms with van der Waals surface area (Å²) >= 11 is 0. The van der Waals surface area contributed by atoms with Crippen LogP contribution in [0.3, 0.4) is 0 Å². The number of rotatable bonds is 9. The van der Waals surface area contributed by atoms with E-state index in [4.69, 9.17) is 0 Å². The molecule has 0 rings (SSSR count). The van der Waals surface area contributed by atoms with Crippen molar-refractivity contribution in [3.63, 3.8) is 0 Å². The van der Waals surface area contributed by atoms with Crippen molar-refractivity contribution in [2.24, 2.45) is 0 Å². The van der Waals surface area contributed by atoms with E-state index in [1.54, 1.807) is 0 Å². The molecule has 6 heteroatoms. The van der Waals surface area contributed by atoms with E-state index in [0.717, 1.165) is 13.1 Å². The molecule has 0 aromatic heterocycles. The monoisotopic (exact) mass is 251 g/mol. The highest BCUT2D eigenvalue weighted by Gasteiger charge is 2.09. The molecule has 0 aromatic carbocycles. The molecular weight excluding hydrogens is 226 g/mol. The Morgan fingerprint density at radius 2 is 1.88 bits per heavy atom. The van der Waals surface area contributed by atoms with Gasteiger partial charge in [-0.3, -0.25) is 0 Å². The molecule has 0 unspecified atom stereocenters. The summed E-state index contributed by atoms with van der Waals surface area (Å²) in [5, 5.41) is 2.93. The lowest BCUT2D eigenvalue weighted by atomic mass is 10.3. The molecule has 0 heterocycles. The van der Waals surface area contributed by atoms with E-state index in [1.165, 1.54) is 0 Å². The third-order valence-electron chi connectivity index (χ3n) is 2.51. The first kappa shape index (κ1) is 15.8. The summed E-state index contributed by atoms with van der Waals surface area (Å²) in [7, 11) is 0.711. The Morgan fingerprint density at radius 3 is 2.38 bits per heavy atom. The Balaban J connectivity index is 3.74. The highest BCUT2D eigenvalue weighted by molar-refractivity contribution is 7.89. The highest BCUT2D eigenvalue weighted by atomic mass is 32.2. The standard InChI is InChI=1S/C10H25N3O2S/c1-10(2)13(4)8-7-12-16(14,15)9-5-6-11-3/h10-12H,5-9H2,1-4H3. The zero-order valence-electron chi connectivity index (χ0n) is 10.8. The number of hydrogen-bond acceptors (Lipinski definition) is 4. The average molecular weight is 251 g/mol. The third kappa shape index (κ3) is 8.04. The van der Waals surface area contributed by atoms with Gasteiger partial charge in [0.2, 0.25) is 10.0 Å². The van der Waals surface area contributed by atoms with Gasteiger partial charge >= 0.3 is 0 Å². The van der Waals surface area contributed by atoms with Gasteiger partial charge in [0.25, 0.3) is 0 Å². The highest BCUT2D eigenvalue weighted by Crippen LogP contribution is 1.93. The minimum Gasteiger partial charge on any atom is -0.320 e. The van der Waals surface area contributed by atoms with Crippen LogP contribution in [0.2, 0.25) is 0 Å². The number of nitrogens with one attached hydrogen (secondary N) is 2. The van der Waals surface area contributed by atoms with Crippen LogP contribution in [-0.2, 0) is 10.0 Å². The Morgan fingerprint density at radius 1 is 1.25 bits per heavy atom. The van der Waals surface area contributed by atoms with Crippen molar-refractivity contribution in [2.75, 3.05) is 39.5 Å². The second-order valence-electron chi connectivity index (χ2n) is 4.24. The van der Waals surface area contributed by atoms with Crippen LogP contribution < -0.4 is 10.0 Å². The summed E-state index contributed by atoms with van der Waals surface area (Å²) in [6.45, 7) is 6.12. The van der Waals surface area contributed by atoms with E-state index in [1.807, 2.05) is 14.1 Å². The van der Waals surface area contributed by atoms with Gasteiger partial charge in [0.15, 0.2) is 0 Å². The van der Waals surface area contributed by atoms with Gasteiger partial charge in [-0.2, -0.15) is 0 Å². The maximum atomic E-state index is 11.5. The fourth-order valence-electron chi connectivity index (χ4n) is 1.15. The smallest absolute Gasteiger partial charge is 0.211 e. The van der Waals surface area contributed by atoms with E-state index < -0.39 is 10.0 Å². The van der Waals surface area contributed by atoms with Crippen molar-refractivity contribution in [1.82, 2.24) is 14.9 Å². The van der Waals surface area contributed by atoms with Gasteiger partial charge in [0.1, 0.15) is 0 Å². The van der Waals surface area contributed by atoms with Gasteiger partial charge in [0, 0.05) is 19.1 Å². The molecule has 0 atom stereocenters. The molecule has 16 heavy (non-hydrogen) atoms. The van der Waals surface area contributed by atoms with Crippen molar-refractivity contribution in [1.29, 1.82) is 0 Å². The molecule has 5 nitrogen and oxygen atoms in total. The van der Waals surface area contributed by atoms with Gasteiger partial charge in [-0.05, 0) is 40.9 Å². The van der Waals surface area contributed by atoms with Crippen LogP contribution in [0.1, 0.15) is 20.3 Å². The van der Waals surface area contributed by atoms with Crippen LogP contribution in [0.25, 0.3) is 0 Å². The molecule has 0 aliphatic rings. The van der Waals surface area contributed by atoms with Gasteiger partial charge in [-0.25, -0.2) is 13.1 Å². The molecule has 0 saturated heterocycles. The Hall–Kier alpha value is -0.170.